The van der Waals surface area contributed by atoms with Crippen molar-refractivity contribution in [1.29, 1.82) is 0 Å². The number of rotatable bonds is 3. The normalized spacial score (nSPS) is 22.1. The van der Waals surface area contributed by atoms with Crippen LogP contribution in [-0.4, -0.2) is 29.7 Å². The Kier molecular flexibility index (Phi) is 4.11. The fourth-order valence-corrected chi connectivity index (χ4v) is 1.94. The second-order valence-corrected chi connectivity index (χ2v) is 3.98. The zero-order valence-electron chi connectivity index (χ0n) is 9.08. The minimum absolute atomic E-state index is 0.104. The van der Waals surface area contributed by atoms with E-state index >= 15 is 0 Å². The summed E-state index contributed by atoms with van der Waals surface area (Å²) in [6.45, 7) is 1.98. The highest BCUT2D eigenvalue weighted by molar-refractivity contribution is 5.89. The highest BCUT2D eigenvalue weighted by Crippen LogP contribution is 2.19. The van der Waals surface area contributed by atoms with Gasteiger partial charge in [0.05, 0.1) is 6.04 Å². The van der Waals surface area contributed by atoms with Gasteiger partial charge in [-0.15, -0.1) is 0 Å². The Morgan fingerprint density at radius 3 is 2.79 bits per heavy atom. The lowest BCUT2D eigenvalue weighted by molar-refractivity contribution is -0.139. The fourth-order valence-electron chi connectivity index (χ4n) is 1.94. The lowest BCUT2D eigenvalue weighted by Crippen LogP contribution is -2.43. The van der Waals surface area contributed by atoms with E-state index in [9.17, 15) is 9.59 Å². The highest BCUT2D eigenvalue weighted by atomic mass is 16.2. The molecule has 1 fully saturated rings. The topological polar surface area (TPSA) is 37.4 Å². The highest BCUT2D eigenvalue weighted by Gasteiger charge is 2.28. The van der Waals surface area contributed by atoms with Gasteiger partial charge in [0.25, 0.3) is 0 Å². The smallest absolute Gasteiger partial charge is 0.222 e. The molecule has 3 nitrogen and oxygen atoms in total. The Morgan fingerprint density at radius 2 is 2.21 bits per heavy atom. The molecule has 0 aliphatic heterocycles. The summed E-state index contributed by atoms with van der Waals surface area (Å²) in [5.41, 5.74) is 0. The Morgan fingerprint density at radius 1 is 1.50 bits per heavy atom. The monoisotopic (exact) mass is 197 g/mol. The largest absolute Gasteiger partial charge is 0.336 e. The van der Waals surface area contributed by atoms with Crippen molar-refractivity contribution in [1.82, 2.24) is 4.90 Å². The molecule has 0 aromatic rings. The Balaban J connectivity index is 2.53. The third kappa shape index (κ3) is 2.56. The van der Waals surface area contributed by atoms with Crippen LogP contribution in [0.3, 0.4) is 0 Å². The van der Waals surface area contributed by atoms with Crippen molar-refractivity contribution in [2.45, 2.75) is 51.5 Å². The lowest BCUT2D eigenvalue weighted by atomic mass is 9.93. The van der Waals surface area contributed by atoms with Crippen LogP contribution in [0.2, 0.25) is 0 Å². The average Bonchev–Trinajstić information content (AvgIpc) is 2.18. The standard InChI is InChI=1S/C11H19NO2/c1-3-6-11(14)12(2)9-7-4-5-8-10(9)13/h9H,3-8H2,1-2H3. The van der Waals surface area contributed by atoms with Gasteiger partial charge in [-0.25, -0.2) is 0 Å². The quantitative estimate of drug-likeness (QED) is 0.691. The summed E-state index contributed by atoms with van der Waals surface area (Å²) in [5, 5.41) is 0. The first-order chi connectivity index (χ1) is 6.66. The van der Waals surface area contributed by atoms with Crippen LogP contribution in [0, 0.1) is 0 Å². The fraction of sp³-hybridized carbons (Fsp3) is 0.818. The predicted molar refractivity (Wildman–Crippen MR) is 54.9 cm³/mol. The van der Waals surface area contributed by atoms with Gasteiger partial charge in [-0.2, -0.15) is 0 Å². The number of likely N-dealkylation sites (N-methyl/N-ethyl adjacent to an activating group) is 1. The van der Waals surface area contributed by atoms with E-state index in [2.05, 4.69) is 0 Å². The van der Waals surface area contributed by atoms with Crippen LogP contribution in [0.15, 0.2) is 0 Å². The van der Waals surface area contributed by atoms with Gasteiger partial charge >= 0.3 is 0 Å². The number of carbonyl (C=O) groups is 2. The Labute approximate surface area is 85.5 Å². The van der Waals surface area contributed by atoms with Crippen molar-refractivity contribution in [3.63, 3.8) is 0 Å². The van der Waals surface area contributed by atoms with E-state index in [1.165, 1.54) is 0 Å². The molecule has 0 spiro atoms. The summed E-state index contributed by atoms with van der Waals surface area (Å²) in [4.78, 5) is 24.8. The van der Waals surface area contributed by atoms with Crippen LogP contribution in [0.1, 0.15) is 45.4 Å². The summed E-state index contributed by atoms with van der Waals surface area (Å²) >= 11 is 0. The maximum Gasteiger partial charge on any atom is 0.222 e. The van der Waals surface area contributed by atoms with Gasteiger partial charge < -0.3 is 4.90 Å². The summed E-state index contributed by atoms with van der Waals surface area (Å²) < 4.78 is 0. The first-order valence-corrected chi connectivity index (χ1v) is 5.45. The van der Waals surface area contributed by atoms with Crippen molar-refractivity contribution in [2.75, 3.05) is 7.05 Å². The van der Waals surface area contributed by atoms with Gasteiger partial charge in [-0.05, 0) is 19.3 Å². The number of hydrogen-bond donors (Lipinski definition) is 0. The van der Waals surface area contributed by atoms with Crippen molar-refractivity contribution < 1.29 is 9.59 Å². The molecule has 0 bridgehead atoms. The first kappa shape index (κ1) is 11.2. The predicted octanol–water partition coefficient (Wildman–Crippen LogP) is 1.76. The van der Waals surface area contributed by atoms with Crippen LogP contribution >= 0.6 is 0 Å². The average molecular weight is 197 g/mol. The number of nitrogens with zero attached hydrogens (tertiary/aromatic N) is 1. The molecule has 0 saturated heterocycles. The van der Waals surface area contributed by atoms with Gasteiger partial charge in [0.15, 0.2) is 5.78 Å². The van der Waals surface area contributed by atoms with E-state index in [1.807, 2.05) is 6.92 Å². The van der Waals surface area contributed by atoms with E-state index < -0.39 is 0 Å². The van der Waals surface area contributed by atoms with Crippen molar-refractivity contribution in [2.24, 2.45) is 0 Å². The van der Waals surface area contributed by atoms with Gasteiger partial charge in [0.1, 0.15) is 0 Å². The van der Waals surface area contributed by atoms with E-state index in [0.717, 1.165) is 25.7 Å². The number of Topliss-reactive ketones (excluding diaryl/α,β-unsaturated/α-hetero) is 1. The molecule has 1 amide bonds. The summed E-state index contributed by atoms with van der Waals surface area (Å²) in [5.74, 6) is 0.343. The minimum Gasteiger partial charge on any atom is -0.336 e. The molecule has 1 saturated carbocycles. The van der Waals surface area contributed by atoms with E-state index in [4.69, 9.17) is 0 Å². The molecule has 3 heteroatoms. The van der Waals surface area contributed by atoms with E-state index in [-0.39, 0.29) is 17.7 Å². The summed E-state index contributed by atoms with van der Waals surface area (Å²) in [6.07, 6.45) is 4.97. The molecule has 0 aromatic carbocycles. The van der Waals surface area contributed by atoms with Crippen LogP contribution in [0.4, 0.5) is 0 Å². The third-order valence-electron chi connectivity index (χ3n) is 2.85. The van der Waals surface area contributed by atoms with E-state index in [1.54, 1.807) is 11.9 Å². The number of carbonyl (C=O) groups excluding carboxylic acids is 2. The zero-order valence-corrected chi connectivity index (χ0v) is 9.08. The van der Waals surface area contributed by atoms with Crippen LogP contribution < -0.4 is 0 Å². The Bertz CT molecular complexity index is 225. The first-order valence-electron chi connectivity index (χ1n) is 5.45. The molecule has 1 unspecified atom stereocenters. The lowest BCUT2D eigenvalue weighted by Gasteiger charge is -2.29. The van der Waals surface area contributed by atoms with Crippen molar-refractivity contribution >= 4 is 11.7 Å². The molecule has 14 heavy (non-hydrogen) atoms. The molecular formula is C11H19NO2. The minimum atomic E-state index is -0.136. The molecular weight excluding hydrogens is 178 g/mol. The number of ketones is 1. The van der Waals surface area contributed by atoms with Gasteiger partial charge in [0, 0.05) is 19.9 Å². The maximum atomic E-state index is 11.6. The van der Waals surface area contributed by atoms with Gasteiger partial charge in [-0.3, -0.25) is 9.59 Å². The SMILES string of the molecule is CCCC(=O)N(C)C1CCCCC1=O. The molecule has 1 aliphatic rings. The molecule has 80 valence electrons. The van der Waals surface area contributed by atoms with Crippen LogP contribution in [0.5, 0.6) is 0 Å². The molecule has 0 aromatic heterocycles. The third-order valence-corrected chi connectivity index (χ3v) is 2.85. The van der Waals surface area contributed by atoms with Crippen molar-refractivity contribution in [3.8, 4) is 0 Å². The summed E-state index contributed by atoms with van der Waals surface area (Å²) in [6, 6.07) is -0.136. The molecule has 1 aliphatic carbocycles. The molecule has 0 heterocycles. The van der Waals surface area contributed by atoms with Gasteiger partial charge in [-0.1, -0.05) is 13.3 Å². The zero-order chi connectivity index (χ0) is 10.6. The molecule has 0 N–H and O–H groups in total. The second kappa shape index (κ2) is 5.13. The molecule has 1 rings (SSSR count). The molecule has 0 radical (unpaired) electrons. The van der Waals surface area contributed by atoms with Crippen LogP contribution in [0.25, 0.3) is 0 Å². The summed E-state index contributed by atoms with van der Waals surface area (Å²) in [7, 11) is 1.76. The molecule has 1 atom stereocenters. The number of amides is 1. The van der Waals surface area contributed by atoms with Gasteiger partial charge in [0.2, 0.25) is 5.91 Å². The number of hydrogen-bond acceptors (Lipinski definition) is 2. The van der Waals surface area contributed by atoms with Crippen molar-refractivity contribution in [3.05, 3.63) is 0 Å². The Hall–Kier alpha value is -0.860. The van der Waals surface area contributed by atoms with E-state index in [0.29, 0.717) is 12.8 Å². The second-order valence-electron chi connectivity index (χ2n) is 3.98. The van der Waals surface area contributed by atoms with Crippen LogP contribution in [-0.2, 0) is 9.59 Å². The maximum absolute atomic E-state index is 11.6.